The summed E-state index contributed by atoms with van der Waals surface area (Å²) in [7, 11) is 0. The van der Waals surface area contributed by atoms with Gasteiger partial charge in [-0.15, -0.1) is 0 Å². The number of aryl methyl sites for hydroxylation is 1. The molecule has 0 aromatic heterocycles. The first-order chi connectivity index (χ1) is 15.2. The van der Waals surface area contributed by atoms with Crippen molar-refractivity contribution in [3.8, 4) is 11.5 Å². The molecule has 0 atom stereocenters. The molecule has 0 bridgehead atoms. The van der Waals surface area contributed by atoms with E-state index in [-0.39, 0.29) is 12.5 Å². The number of hydrogen-bond acceptors (Lipinski definition) is 5. The highest BCUT2D eigenvalue weighted by molar-refractivity contribution is 5.92. The van der Waals surface area contributed by atoms with Crippen molar-refractivity contribution >= 4 is 17.8 Å². The second-order valence-corrected chi connectivity index (χ2v) is 6.78. The van der Waals surface area contributed by atoms with Crippen LogP contribution in [-0.2, 0) is 16.2 Å². The zero-order valence-corrected chi connectivity index (χ0v) is 17.7. The van der Waals surface area contributed by atoms with Gasteiger partial charge in [0.25, 0.3) is 5.91 Å². The van der Waals surface area contributed by atoms with Crippen molar-refractivity contribution in [1.82, 2.24) is 0 Å². The van der Waals surface area contributed by atoms with Crippen molar-refractivity contribution in [3.63, 3.8) is 0 Å². The molecule has 6 nitrogen and oxygen atoms in total. The lowest BCUT2D eigenvalue weighted by Crippen LogP contribution is -2.17. The van der Waals surface area contributed by atoms with Gasteiger partial charge in [0.05, 0.1) is 12.8 Å². The lowest BCUT2D eigenvalue weighted by Gasteiger charge is -2.12. The van der Waals surface area contributed by atoms with Crippen LogP contribution in [0.4, 0.5) is 5.69 Å². The molecule has 0 saturated carbocycles. The minimum absolute atomic E-state index is 0.179. The summed E-state index contributed by atoms with van der Waals surface area (Å²) >= 11 is 0. The Bertz CT molecular complexity index is 1020. The summed E-state index contributed by atoms with van der Waals surface area (Å²) in [6, 6.07) is 23.0. The molecule has 1 amide bonds. The minimum Gasteiger partial charge on any atom is -0.490 e. The first-order valence-corrected chi connectivity index (χ1v) is 10.1. The van der Waals surface area contributed by atoms with Crippen molar-refractivity contribution in [2.45, 2.75) is 20.5 Å². The molecule has 31 heavy (non-hydrogen) atoms. The Morgan fingerprint density at radius 1 is 0.968 bits per heavy atom. The van der Waals surface area contributed by atoms with Crippen molar-refractivity contribution in [2.75, 3.05) is 18.5 Å². The molecule has 0 fully saturated rings. The van der Waals surface area contributed by atoms with Crippen molar-refractivity contribution in [2.24, 2.45) is 5.16 Å². The number of nitrogens with zero attached hydrogens (tertiary/aromatic N) is 1. The standard InChI is InChI=1S/C25H26N2O4/c1-3-29-24-15-21(13-14-23(24)30-17-20-10-5-4-6-11-20)16-26-31-18-25(28)27-22-12-8-7-9-19(22)2/h4-16H,3,17-18H2,1-2H3,(H,27,28)/b26-16+. The number of oxime groups is 1. The number of rotatable bonds is 10. The van der Waals surface area contributed by atoms with Crippen LogP contribution in [0.15, 0.2) is 78.0 Å². The summed E-state index contributed by atoms with van der Waals surface area (Å²) in [4.78, 5) is 17.1. The molecule has 1 N–H and O–H groups in total. The Balaban J connectivity index is 1.54. The van der Waals surface area contributed by atoms with Crippen LogP contribution in [0.3, 0.4) is 0 Å². The van der Waals surface area contributed by atoms with E-state index in [0.29, 0.717) is 24.7 Å². The molecule has 0 aliphatic rings. The Labute approximate surface area is 182 Å². The zero-order chi connectivity index (χ0) is 21.9. The van der Waals surface area contributed by atoms with Crippen molar-refractivity contribution in [3.05, 3.63) is 89.5 Å². The van der Waals surface area contributed by atoms with Gasteiger partial charge >= 0.3 is 0 Å². The third kappa shape index (κ3) is 6.89. The van der Waals surface area contributed by atoms with Crippen LogP contribution in [0.5, 0.6) is 11.5 Å². The maximum Gasteiger partial charge on any atom is 0.265 e. The molecule has 0 aliphatic carbocycles. The van der Waals surface area contributed by atoms with Gasteiger partial charge in [0.2, 0.25) is 0 Å². The van der Waals surface area contributed by atoms with E-state index in [0.717, 1.165) is 22.4 Å². The van der Waals surface area contributed by atoms with Crippen LogP contribution in [0, 0.1) is 6.92 Å². The van der Waals surface area contributed by atoms with Crippen LogP contribution >= 0.6 is 0 Å². The van der Waals surface area contributed by atoms with Crippen molar-refractivity contribution < 1.29 is 19.1 Å². The van der Waals surface area contributed by atoms with Crippen LogP contribution in [0.25, 0.3) is 0 Å². The molecule has 6 heteroatoms. The summed E-state index contributed by atoms with van der Waals surface area (Å²) < 4.78 is 11.6. The average molecular weight is 418 g/mol. The number of benzene rings is 3. The largest absolute Gasteiger partial charge is 0.490 e. The van der Waals surface area contributed by atoms with Gasteiger partial charge in [0.15, 0.2) is 18.1 Å². The highest BCUT2D eigenvalue weighted by Gasteiger charge is 2.07. The molecule has 3 rings (SSSR count). The average Bonchev–Trinajstić information content (AvgIpc) is 2.79. The number of carbonyl (C=O) groups excluding carboxylic acids is 1. The maximum absolute atomic E-state index is 12.0. The summed E-state index contributed by atoms with van der Waals surface area (Å²) in [6.45, 7) is 4.63. The minimum atomic E-state index is -0.272. The molecule has 0 unspecified atom stereocenters. The highest BCUT2D eigenvalue weighted by Crippen LogP contribution is 2.29. The van der Waals surface area contributed by atoms with Gasteiger partial charge in [-0.3, -0.25) is 4.79 Å². The first kappa shape index (κ1) is 21.9. The molecule has 3 aromatic carbocycles. The van der Waals surface area contributed by atoms with Crippen LogP contribution in [0.2, 0.25) is 0 Å². The number of para-hydroxylation sites is 1. The third-order valence-electron chi connectivity index (χ3n) is 4.40. The van der Waals surface area contributed by atoms with E-state index in [4.69, 9.17) is 14.3 Å². The highest BCUT2D eigenvalue weighted by atomic mass is 16.6. The molecule has 0 aliphatic heterocycles. The summed E-state index contributed by atoms with van der Waals surface area (Å²) in [6.07, 6.45) is 1.53. The Hall–Kier alpha value is -3.80. The van der Waals surface area contributed by atoms with E-state index in [1.165, 1.54) is 6.21 Å². The van der Waals surface area contributed by atoms with Crippen LogP contribution < -0.4 is 14.8 Å². The number of anilines is 1. The number of amides is 1. The van der Waals surface area contributed by atoms with E-state index in [1.54, 1.807) is 0 Å². The molecule has 0 saturated heterocycles. The predicted octanol–water partition coefficient (Wildman–Crippen LogP) is 4.96. The van der Waals surface area contributed by atoms with E-state index in [1.807, 2.05) is 86.6 Å². The Morgan fingerprint density at radius 2 is 1.74 bits per heavy atom. The Kier molecular flexibility index (Phi) is 8.05. The molecule has 160 valence electrons. The monoisotopic (exact) mass is 418 g/mol. The number of hydrogen-bond donors (Lipinski definition) is 1. The Morgan fingerprint density at radius 3 is 2.52 bits per heavy atom. The molecule has 0 heterocycles. The molecule has 0 radical (unpaired) electrons. The van der Waals surface area contributed by atoms with Crippen molar-refractivity contribution in [1.29, 1.82) is 0 Å². The normalized spacial score (nSPS) is 10.6. The van der Waals surface area contributed by atoms with Gasteiger partial charge in [-0.2, -0.15) is 0 Å². The maximum atomic E-state index is 12.0. The summed E-state index contributed by atoms with van der Waals surface area (Å²) in [5, 5.41) is 6.68. The van der Waals surface area contributed by atoms with Gasteiger partial charge in [-0.05, 0) is 49.2 Å². The van der Waals surface area contributed by atoms with Crippen LogP contribution in [0.1, 0.15) is 23.6 Å². The van der Waals surface area contributed by atoms with Gasteiger partial charge in [0, 0.05) is 11.3 Å². The van der Waals surface area contributed by atoms with Crippen LogP contribution in [-0.4, -0.2) is 25.3 Å². The van der Waals surface area contributed by atoms with E-state index in [2.05, 4.69) is 10.5 Å². The topological polar surface area (TPSA) is 69.2 Å². The zero-order valence-electron chi connectivity index (χ0n) is 17.7. The SMILES string of the molecule is CCOc1cc(/C=N/OCC(=O)Nc2ccccc2C)ccc1OCc1ccccc1. The number of nitrogens with one attached hydrogen (secondary N) is 1. The second-order valence-electron chi connectivity index (χ2n) is 6.78. The lowest BCUT2D eigenvalue weighted by molar-refractivity contribution is -0.120. The van der Waals surface area contributed by atoms with E-state index >= 15 is 0 Å². The van der Waals surface area contributed by atoms with Gasteiger partial charge in [-0.1, -0.05) is 53.7 Å². The van der Waals surface area contributed by atoms with E-state index < -0.39 is 0 Å². The molecular weight excluding hydrogens is 392 g/mol. The first-order valence-electron chi connectivity index (χ1n) is 10.1. The third-order valence-corrected chi connectivity index (χ3v) is 4.40. The smallest absolute Gasteiger partial charge is 0.265 e. The molecular formula is C25H26N2O4. The fraction of sp³-hybridized carbons (Fsp3) is 0.200. The summed E-state index contributed by atoms with van der Waals surface area (Å²) in [5.74, 6) is 1.01. The summed E-state index contributed by atoms with van der Waals surface area (Å²) in [5.41, 5.74) is 3.59. The fourth-order valence-electron chi connectivity index (χ4n) is 2.82. The fourth-order valence-corrected chi connectivity index (χ4v) is 2.82. The van der Waals surface area contributed by atoms with Gasteiger partial charge in [0.1, 0.15) is 6.61 Å². The second kappa shape index (κ2) is 11.4. The predicted molar refractivity (Wildman–Crippen MR) is 122 cm³/mol. The number of carbonyl (C=O) groups is 1. The van der Waals surface area contributed by atoms with E-state index in [9.17, 15) is 4.79 Å². The quantitative estimate of drug-likeness (QED) is 0.373. The lowest BCUT2D eigenvalue weighted by atomic mass is 10.2. The molecule has 0 spiro atoms. The van der Waals surface area contributed by atoms with Gasteiger partial charge < -0.3 is 19.6 Å². The van der Waals surface area contributed by atoms with Gasteiger partial charge in [-0.25, -0.2) is 0 Å². The molecule has 3 aromatic rings. The number of ether oxygens (including phenoxy) is 2.